The summed E-state index contributed by atoms with van der Waals surface area (Å²) in [5.41, 5.74) is 0.429. The normalized spacial score (nSPS) is 25.4. The van der Waals surface area contributed by atoms with Gasteiger partial charge in [-0.1, -0.05) is 48.6 Å². The summed E-state index contributed by atoms with van der Waals surface area (Å²) in [6.07, 6.45) is 3.72. The van der Waals surface area contributed by atoms with Gasteiger partial charge in [0.25, 0.3) is 0 Å². The smallest absolute Gasteiger partial charge is 0.471 e. The Balaban J connectivity index is 1.75. The molecule has 0 radical (unpaired) electrons. The van der Waals surface area contributed by atoms with Crippen molar-refractivity contribution in [3.63, 3.8) is 0 Å². The first-order valence-corrected chi connectivity index (χ1v) is 13.7. The second-order valence-corrected chi connectivity index (χ2v) is 12.4. The van der Waals surface area contributed by atoms with E-state index in [0.29, 0.717) is 37.8 Å². The number of allylic oxidation sites excluding steroid dienone is 4. The minimum absolute atomic E-state index is 0.0186. The van der Waals surface area contributed by atoms with Gasteiger partial charge in [-0.25, -0.2) is 4.79 Å². The number of halogens is 3. The number of carbonyl (C=O) groups excluding carboxylic acids is 2. The van der Waals surface area contributed by atoms with Gasteiger partial charge < -0.3 is 20.1 Å². The molecular formula is C31H41F3N2O4. The van der Waals surface area contributed by atoms with Crippen LogP contribution >= 0.6 is 0 Å². The van der Waals surface area contributed by atoms with Gasteiger partial charge in [0.2, 0.25) is 0 Å². The topological polar surface area (TPSA) is 78.9 Å². The zero-order valence-electron chi connectivity index (χ0n) is 23.9. The van der Waals surface area contributed by atoms with Gasteiger partial charge in [-0.15, -0.1) is 0 Å². The molecule has 1 heterocycles. The van der Waals surface area contributed by atoms with Gasteiger partial charge in [0.15, 0.2) is 0 Å². The number of hydrogen-bond donors (Lipinski definition) is 2. The van der Waals surface area contributed by atoms with E-state index >= 15 is 0 Å². The number of carbonyl (C=O) groups is 2. The third kappa shape index (κ3) is 8.89. The maximum Gasteiger partial charge on any atom is 0.471 e. The first kappa shape index (κ1) is 31.3. The summed E-state index contributed by atoms with van der Waals surface area (Å²) >= 11 is 0. The van der Waals surface area contributed by atoms with Crippen LogP contribution in [0.15, 0.2) is 66.0 Å². The Hall–Kier alpha value is -3.23. The van der Waals surface area contributed by atoms with Crippen molar-refractivity contribution in [2.75, 3.05) is 6.54 Å². The van der Waals surface area contributed by atoms with E-state index in [1.165, 1.54) is 6.08 Å². The monoisotopic (exact) mass is 562 g/mol. The van der Waals surface area contributed by atoms with E-state index in [0.717, 1.165) is 5.56 Å². The molecule has 6 nitrogen and oxygen atoms in total. The molecule has 2 aliphatic rings. The Morgan fingerprint density at radius 3 is 2.45 bits per heavy atom. The van der Waals surface area contributed by atoms with Crippen molar-refractivity contribution in [1.82, 2.24) is 10.2 Å². The summed E-state index contributed by atoms with van der Waals surface area (Å²) < 4.78 is 45.2. The van der Waals surface area contributed by atoms with Crippen molar-refractivity contribution >= 4 is 12.0 Å². The molecule has 1 aliphatic carbocycles. The number of rotatable bonds is 7. The van der Waals surface area contributed by atoms with Crippen molar-refractivity contribution in [3.8, 4) is 0 Å². The van der Waals surface area contributed by atoms with E-state index in [4.69, 9.17) is 4.74 Å². The van der Waals surface area contributed by atoms with E-state index < -0.39 is 35.4 Å². The van der Waals surface area contributed by atoms with Crippen molar-refractivity contribution in [3.05, 3.63) is 71.5 Å². The predicted molar refractivity (Wildman–Crippen MR) is 149 cm³/mol. The van der Waals surface area contributed by atoms with E-state index in [2.05, 4.69) is 5.32 Å². The van der Waals surface area contributed by atoms with Gasteiger partial charge in [-0.2, -0.15) is 13.2 Å². The molecule has 0 saturated carbocycles. The Bertz CT molecular complexity index is 1130. The summed E-state index contributed by atoms with van der Waals surface area (Å²) in [7, 11) is 0. The maximum atomic E-state index is 13.2. The van der Waals surface area contributed by atoms with Crippen LogP contribution in [0.2, 0.25) is 0 Å². The number of alkyl halides is 3. The van der Waals surface area contributed by atoms with E-state index in [9.17, 15) is 27.9 Å². The highest BCUT2D eigenvalue weighted by Gasteiger charge is 2.44. The van der Waals surface area contributed by atoms with Gasteiger partial charge in [-0.3, -0.25) is 4.79 Å². The highest BCUT2D eigenvalue weighted by atomic mass is 19.4. The fourth-order valence-electron chi connectivity index (χ4n) is 5.36. The van der Waals surface area contributed by atoms with Gasteiger partial charge >= 0.3 is 18.2 Å². The summed E-state index contributed by atoms with van der Waals surface area (Å²) in [5.74, 6) is -2.02. The molecule has 0 aromatic heterocycles. The van der Waals surface area contributed by atoms with Crippen molar-refractivity contribution in [1.29, 1.82) is 0 Å². The Morgan fingerprint density at radius 1 is 1.15 bits per heavy atom. The molecule has 1 fully saturated rings. The summed E-state index contributed by atoms with van der Waals surface area (Å²) in [5, 5.41) is 12.9. The largest absolute Gasteiger partial charge is 0.512 e. The number of ether oxygens (including phenoxy) is 1. The molecule has 1 aliphatic heterocycles. The fourth-order valence-corrected chi connectivity index (χ4v) is 5.36. The fraction of sp³-hybridized carbons (Fsp3) is 0.548. The number of aliphatic hydroxyl groups excluding tert-OH is 1. The van der Waals surface area contributed by atoms with Crippen LogP contribution in [0.1, 0.15) is 65.9 Å². The van der Waals surface area contributed by atoms with Crippen LogP contribution < -0.4 is 5.32 Å². The molecule has 2 amide bonds. The molecule has 1 aromatic rings. The third-order valence-corrected chi connectivity index (χ3v) is 7.32. The standard InChI is InChI=1S/C31H41F3N2O4/c1-29(2,3)40-28(39)36-20-22(19-30(36,4)5)14-16-25(35-27(38)31(32,33)34)23-12-9-13-24(26(37)17-15-23)18-21-10-7-6-8-11-21/h6-12,15,17,22,24-25,37H,13-14,16,18-20H2,1-5H3,(H,35,38)/b12-9-,23-15+,26-17-/t22-,24?,25?/m0/s1. The van der Waals surface area contributed by atoms with Gasteiger partial charge in [-0.05, 0) is 89.9 Å². The lowest BCUT2D eigenvalue weighted by molar-refractivity contribution is -0.174. The second kappa shape index (κ2) is 12.5. The molecule has 0 spiro atoms. The number of benzene rings is 1. The number of likely N-dealkylation sites (tertiary alicyclic amines) is 1. The zero-order chi connectivity index (χ0) is 29.7. The number of hydrogen-bond acceptors (Lipinski definition) is 4. The maximum absolute atomic E-state index is 13.2. The molecule has 3 rings (SSSR count). The number of nitrogens with zero attached hydrogens (tertiary/aromatic N) is 1. The average Bonchev–Trinajstić information content (AvgIpc) is 3.15. The number of nitrogens with one attached hydrogen (secondary N) is 1. The second-order valence-electron chi connectivity index (χ2n) is 12.4. The van der Waals surface area contributed by atoms with Gasteiger partial charge in [0.05, 0.1) is 11.8 Å². The van der Waals surface area contributed by atoms with Gasteiger partial charge in [0, 0.05) is 18.0 Å². The van der Waals surface area contributed by atoms with Crippen molar-refractivity contribution in [2.24, 2.45) is 11.8 Å². The Labute approximate surface area is 235 Å². The lowest BCUT2D eigenvalue weighted by Crippen LogP contribution is -2.45. The first-order chi connectivity index (χ1) is 18.5. The quantitative estimate of drug-likeness (QED) is 0.374. The van der Waals surface area contributed by atoms with E-state index in [1.807, 2.05) is 50.3 Å². The minimum Gasteiger partial charge on any atom is -0.512 e. The summed E-state index contributed by atoms with van der Waals surface area (Å²) in [6, 6.07) is 8.82. The van der Waals surface area contributed by atoms with Crippen LogP contribution in [0.3, 0.4) is 0 Å². The first-order valence-electron chi connectivity index (χ1n) is 13.7. The highest BCUT2D eigenvalue weighted by Crippen LogP contribution is 2.37. The SMILES string of the molecule is CC(C)(C)OC(=O)N1C[C@@H](CCC(NC(=O)C(F)(F)F)C2=C/C=C(\O)C(Cc3ccccc3)C/C=C\2)CC1(C)C. The van der Waals surface area contributed by atoms with Crippen LogP contribution in [-0.4, -0.2) is 51.9 Å². The van der Waals surface area contributed by atoms with Gasteiger partial charge in [0.1, 0.15) is 5.60 Å². The van der Waals surface area contributed by atoms with Crippen molar-refractivity contribution < 1.29 is 32.6 Å². The molecule has 40 heavy (non-hydrogen) atoms. The zero-order valence-corrected chi connectivity index (χ0v) is 23.9. The Morgan fingerprint density at radius 2 is 1.82 bits per heavy atom. The van der Waals surface area contributed by atoms with E-state index in [-0.39, 0.29) is 24.0 Å². The van der Waals surface area contributed by atoms with Crippen LogP contribution in [0.4, 0.5) is 18.0 Å². The van der Waals surface area contributed by atoms with E-state index in [1.54, 1.807) is 37.8 Å². The highest BCUT2D eigenvalue weighted by molar-refractivity contribution is 5.82. The summed E-state index contributed by atoms with van der Waals surface area (Å²) in [4.78, 5) is 26.4. The molecule has 220 valence electrons. The van der Waals surface area contributed by atoms with Crippen LogP contribution in [-0.2, 0) is 16.0 Å². The molecule has 2 unspecified atom stereocenters. The molecule has 9 heteroatoms. The average molecular weight is 563 g/mol. The van der Waals surface area contributed by atoms with Crippen LogP contribution in [0.25, 0.3) is 0 Å². The molecule has 2 N–H and O–H groups in total. The molecular weight excluding hydrogens is 521 g/mol. The van der Waals surface area contributed by atoms with Crippen molar-refractivity contribution in [2.45, 2.75) is 90.1 Å². The Kier molecular flexibility index (Phi) is 9.80. The number of amides is 2. The third-order valence-electron chi connectivity index (χ3n) is 7.32. The minimum atomic E-state index is -5.02. The molecule has 3 atom stereocenters. The van der Waals surface area contributed by atoms with Crippen LogP contribution in [0.5, 0.6) is 0 Å². The number of aliphatic hydroxyl groups is 1. The molecule has 0 bridgehead atoms. The molecule has 1 aromatic carbocycles. The lowest BCUT2D eigenvalue weighted by Gasteiger charge is -2.33. The lowest BCUT2D eigenvalue weighted by atomic mass is 9.88. The molecule has 1 saturated heterocycles. The predicted octanol–water partition coefficient (Wildman–Crippen LogP) is 7.04. The van der Waals surface area contributed by atoms with Crippen LogP contribution in [0, 0.1) is 11.8 Å². The summed E-state index contributed by atoms with van der Waals surface area (Å²) in [6.45, 7) is 9.69.